The van der Waals surface area contributed by atoms with Crippen LogP contribution in [0.2, 0.25) is 0 Å². The minimum atomic E-state index is 0.298. The van der Waals surface area contributed by atoms with Crippen LogP contribution in [0.4, 0.5) is 0 Å². The molecule has 1 N–H and O–H groups in total. The normalized spacial score (nSPS) is 12.7. The number of hydrogen-bond donors (Lipinski definition) is 1. The van der Waals surface area contributed by atoms with E-state index in [-0.39, 0.29) is 0 Å². The first kappa shape index (κ1) is 14.2. The SMILES string of the molecule is CCc1ccc(CC(NC)c2cccc3cccnc23)s1. The van der Waals surface area contributed by atoms with E-state index in [9.17, 15) is 0 Å². The molecule has 2 heterocycles. The number of rotatable bonds is 5. The van der Waals surface area contributed by atoms with E-state index >= 15 is 0 Å². The molecule has 0 spiro atoms. The lowest BCUT2D eigenvalue weighted by Crippen LogP contribution is -2.19. The fourth-order valence-corrected chi connectivity index (χ4v) is 3.70. The average molecular weight is 296 g/mol. The number of thiophene rings is 1. The van der Waals surface area contributed by atoms with E-state index < -0.39 is 0 Å². The first-order valence-corrected chi connectivity index (χ1v) is 8.22. The zero-order valence-corrected chi connectivity index (χ0v) is 13.3. The summed E-state index contributed by atoms with van der Waals surface area (Å²) < 4.78 is 0. The third kappa shape index (κ3) is 2.99. The molecule has 3 aromatic rings. The minimum Gasteiger partial charge on any atom is -0.313 e. The zero-order chi connectivity index (χ0) is 14.7. The highest BCUT2D eigenvalue weighted by Crippen LogP contribution is 2.27. The van der Waals surface area contributed by atoms with Crippen LogP contribution in [-0.4, -0.2) is 12.0 Å². The first-order chi connectivity index (χ1) is 10.3. The largest absolute Gasteiger partial charge is 0.313 e. The first-order valence-electron chi connectivity index (χ1n) is 7.40. The molecule has 1 atom stereocenters. The van der Waals surface area contributed by atoms with E-state index in [0.29, 0.717) is 6.04 Å². The van der Waals surface area contributed by atoms with Gasteiger partial charge in [0.1, 0.15) is 0 Å². The maximum Gasteiger partial charge on any atom is 0.0749 e. The van der Waals surface area contributed by atoms with Gasteiger partial charge in [-0.2, -0.15) is 0 Å². The third-order valence-electron chi connectivity index (χ3n) is 3.86. The lowest BCUT2D eigenvalue weighted by Gasteiger charge is -2.17. The molecule has 0 saturated heterocycles. The number of aryl methyl sites for hydroxylation is 1. The Morgan fingerprint density at radius 2 is 1.90 bits per heavy atom. The van der Waals surface area contributed by atoms with Crippen molar-refractivity contribution in [1.82, 2.24) is 10.3 Å². The van der Waals surface area contributed by atoms with Crippen LogP contribution in [0.25, 0.3) is 10.9 Å². The highest BCUT2D eigenvalue weighted by atomic mass is 32.1. The monoisotopic (exact) mass is 296 g/mol. The molecule has 1 unspecified atom stereocenters. The summed E-state index contributed by atoms with van der Waals surface area (Å²) in [5, 5.41) is 4.66. The summed E-state index contributed by atoms with van der Waals surface area (Å²) in [4.78, 5) is 7.46. The number of fused-ring (bicyclic) bond motifs is 1. The van der Waals surface area contributed by atoms with E-state index in [1.54, 1.807) is 0 Å². The quantitative estimate of drug-likeness (QED) is 0.756. The molecule has 3 heteroatoms. The molecule has 0 aliphatic heterocycles. The van der Waals surface area contributed by atoms with Crippen molar-refractivity contribution in [1.29, 1.82) is 0 Å². The van der Waals surface area contributed by atoms with Crippen molar-refractivity contribution in [3.8, 4) is 0 Å². The van der Waals surface area contributed by atoms with Gasteiger partial charge in [0.2, 0.25) is 0 Å². The Morgan fingerprint density at radius 1 is 1.10 bits per heavy atom. The molecule has 2 nitrogen and oxygen atoms in total. The molecular weight excluding hydrogens is 276 g/mol. The summed E-state index contributed by atoms with van der Waals surface area (Å²) in [6, 6.07) is 15.3. The Hall–Kier alpha value is -1.71. The van der Waals surface area contributed by atoms with E-state index in [1.807, 2.05) is 30.6 Å². The van der Waals surface area contributed by atoms with Crippen LogP contribution in [0.3, 0.4) is 0 Å². The Kier molecular flexibility index (Phi) is 4.32. The number of aromatic nitrogens is 1. The van der Waals surface area contributed by atoms with Crippen molar-refractivity contribution in [2.24, 2.45) is 0 Å². The molecule has 0 radical (unpaired) electrons. The zero-order valence-electron chi connectivity index (χ0n) is 12.5. The maximum absolute atomic E-state index is 4.58. The van der Waals surface area contributed by atoms with E-state index in [1.165, 1.54) is 20.7 Å². The van der Waals surface area contributed by atoms with Gasteiger partial charge < -0.3 is 5.32 Å². The lowest BCUT2D eigenvalue weighted by molar-refractivity contribution is 0.600. The lowest BCUT2D eigenvalue weighted by atomic mass is 9.99. The maximum atomic E-state index is 4.58. The second-order valence-corrected chi connectivity index (χ2v) is 6.44. The number of likely N-dealkylation sites (N-methyl/N-ethyl adjacent to an activating group) is 1. The molecule has 2 aromatic heterocycles. The molecule has 0 fully saturated rings. The molecule has 0 aliphatic carbocycles. The predicted octanol–water partition coefficient (Wildman–Crippen LogP) is 4.36. The molecule has 21 heavy (non-hydrogen) atoms. The molecule has 3 rings (SSSR count). The second-order valence-electron chi connectivity index (χ2n) is 5.19. The van der Waals surface area contributed by atoms with E-state index in [2.05, 4.69) is 53.6 Å². The van der Waals surface area contributed by atoms with Gasteiger partial charge in [-0.3, -0.25) is 4.98 Å². The molecule has 0 bridgehead atoms. The van der Waals surface area contributed by atoms with Crippen LogP contribution in [0, 0.1) is 0 Å². The summed E-state index contributed by atoms with van der Waals surface area (Å²) in [6.45, 7) is 2.21. The fourth-order valence-electron chi connectivity index (χ4n) is 2.70. The van der Waals surface area contributed by atoms with Crippen molar-refractivity contribution in [2.75, 3.05) is 7.05 Å². The van der Waals surface area contributed by atoms with Gasteiger partial charge in [0.25, 0.3) is 0 Å². The van der Waals surface area contributed by atoms with Crippen LogP contribution in [0.5, 0.6) is 0 Å². The number of benzene rings is 1. The Balaban J connectivity index is 1.94. The predicted molar refractivity (Wildman–Crippen MR) is 90.9 cm³/mol. The standard InChI is InChI=1S/C18H20N2S/c1-3-14-9-10-15(21-14)12-17(19-2)16-8-4-6-13-7-5-11-20-18(13)16/h4-11,17,19H,3,12H2,1-2H3. The van der Waals surface area contributed by atoms with Gasteiger partial charge in [-0.15, -0.1) is 11.3 Å². The van der Waals surface area contributed by atoms with Crippen molar-refractivity contribution in [2.45, 2.75) is 25.8 Å². The molecule has 0 saturated carbocycles. The number of pyridine rings is 1. The summed E-state index contributed by atoms with van der Waals surface area (Å²) in [5.74, 6) is 0. The van der Waals surface area contributed by atoms with Gasteiger partial charge in [-0.25, -0.2) is 0 Å². The Morgan fingerprint density at radius 3 is 2.67 bits per heavy atom. The van der Waals surface area contributed by atoms with Crippen LogP contribution in [0.15, 0.2) is 48.7 Å². The molecule has 108 valence electrons. The van der Waals surface area contributed by atoms with Crippen molar-refractivity contribution < 1.29 is 0 Å². The summed E-state index contributed by atoms with van der Waals surface area (Å²) in [5.41, 5.74) is 2.38. The van der Waals surface area contributed by atoms with Gasteiger partial charge in [-0.1, -0.05) is 31.2 Å². The smallest absolute Gasteiger partial charge is 0.0749 e. The van der Waals surface area contributed by atoms with Crippen LogP contribution >= 0.6 is 11.3 Å². The fraction of sp³-hybridized carbons (Fsp3) is 0.278. The van der Waals surface area contributed by atoms with Crippen molar-refractivity contribution >= 4 is 22.2 Å². The van der Waals surface area contributed by atoms with Gasteiger partial charge >= 0.3 is 0 Å². The highest BCUT2D eigenvalue weighted by Gasteiger charge is 2.15. The van der Waals surface area contributed by atoms with Gasteiger partial charge in [-0.05, 0) is 37.2 Å². The molecule has 0 aliphatic rings. The number of hydrogen-bond acceptors (Lipinski definition) is 3. The number of para-hydroxylation sites is 1. The molecule has 0 amide bonds. The second kappa shape index (κ2) is 6.37. The molecular formula is C18H20N2S. The van der Waals surface area contributed by atoms with Crippen LogP contribution < -0.4 is 5.32 Å². The van der Waals surface area contributed by atoms with Gasteiger partial charge in [0.15, 0.2) is 0 Å². The summed E-state index contributed by atoms with van der Waals surface area (Å²) in [6.07, 6.45) is 4.00. The van der Waals surface area contributed by atoms with Crippen LogP contribution in [-0.2, 0) is 12.8 Å². The average Bonchev–Trinajstić information content (AvgIpc) is 3.00. The Labute approximate surface area is 129 Å². The van der Waals surface area contributed by atoms with Crippen molar-refractivity contribution in [3.05, 3.63) is 64.0 Å². The van der Waals surface area contributed by atoms with Crippen LogP contribution in [0.1, 0.15) is 28.3 Å². The minimum absolute atomic E-state index is 0.298. The summed E-state index contributed by atoms with van der Waals surface area (Å²) in [7, 11) is 2.03. The number of nitrogens with zero attached hydrogens (tertiary/aromatic N) is 1. The topological polar surface area (TPSA) is 24.9 Å². The third-order valence-corrected chi connectivity index (χ3v) is 5.11. The van der Waals surface area contributed by atoms with Gasteiger partial charge in [0, 0.05) is 33.8 Å². The van der Waals surface area contributed by atoms with E-state index in [0.717, 1.165) is 18.4 Å². The summed E-state index contributed by atoms with van der Waals surface area (Å²) >= 11 is 1.92. The van der Waals surface area contributed by atoms with E-state index in [4.69, 9.17) is 0 Å². The molecule has 1 aromatic carbocycles. The number of nitrogens with one attached hydrogen (secondary N) is 1. The van der Waals surface area contributed by atoms with Crippen molar-refractivity contribution in [3.63, 3.8) is 0 Å². The highest BCUT2D eigenvalue weighted by molar-refractivity contribution is 7.11. The Bertz CT molecular complexity index is 727. The van der Waals surface area contributed by atoms with Gasteiger partial charge in [0.05, 0.1) is 5.52 Å².